The molecule has 270 valence electrons. The number of hydrogen-bond acceptors (Lipinski definition) is 8. The summed E-state index contributed by atoms with van der Waals surface area (Å²) in [7, 11) is 1.64. The van der Waals surface area contributed by atoms with E-state index in [2.05, 4.69) is 10.6 Å². The van der Waals surface area contributed by atoms with Crippen LogP contribution in [0.3, 0.4) is 0 Å². The number of alkyl halides is 3. The quantitative estimate of drug-likeness (QED) is 0.322. The minimum absolute atomic E-state index is 0.0859. The maximum absolute atomic E-state index is 14.2. The number of ether oxygens (including phenoxy) is 4. The molecule has 0 saturated heterocycles. The van der Waals surface area contributed by atoms with Crippen molar-refractivity contribution in [3.63, 3.8) is 0 Å². The van der Waals surface area contributed by atoms with Crippen molar-refractivity contribution in [2.24, 2.45) is 5.92 Å². The third-order valence-electron chi connectivity index (χ3n) is 8.40. The molecule has 3 N–H and O–H groups in total. The van der Waals surface area contributed by atoms with Gasteiger partial charge in [-0.15, -0.1) is 0 Å². The molecule has 4 atom stereocenters. The number of likely N-dealkylation sites (N-methyl/N-ethyl adjacent to an activating group) is 1. The second-order valence-electron chi connectivity index (χ2n) is 12.6. The minimum Gasteiger partial charge on any atom is -0.490 e. The third kappa shape index (κ3) is 10.9. The Hall–Kier alpha value is -4.24. The average molecular weight is 695 g/mol. The number of amides is 4. The summed E-state index contributed by atoms with van der Waals surface area (Å²) in [6, 6.07) is 8.44. The highest BCUT2D eigenvalue weighted by Gasteiger charge is 2.32. The van der Waals surface area contributed by atoms with Crippen LogP contribution in [0.2, 0.25) is 0 Å². The monoisotopic (exact) mass is 694 g/mol. The zero-order chi connectivity index (χ0) is 35.7. The summed E-state index contributed by atoms with van der Waals surface area (Å²) < 4.78 is 61.2. The zero-order valence-corrected chi connectivity index (χ0v) is 28.2. The lowest BCUT2D eigenvalue weighted by atomic mass is 10.0. The Morgan fingerprint density at radius 1 is 1.04 bits per heavy atom. The van der Waals surface area contributed by atoms with Gasteiger partial charge in [-0.05, 0) is 63.4 Å². The van der Waals surface area contributed by atoms with Gasteiger partial charge in [-0.3, -0.25) is 9.59 Å². The summed E-state index contributed by atoms with van der Waals surface area (Å²) in [5.74, 6) is -0.306. The van der Waals surface area contributed by atoms with Crippen molar-refractivity contribution in [1.82, 2.24) is 9.80 Å². The first-order valence-electron chi connectivity index (χ1n) is 16.4. The number of aliphatic hydroxyl groups is 1. The molecule has 0 bridgehead atoms. The molecule has 4 amide bonds. The van der Waals surface area contributed by atoms with Crippen molar-refractivity contribution in [1.29, 1.82) is 0 Å². The molecule has 2 aliphatic heterocycles. The van der Waals surface area contributed by atoms with E-state index in [1.165, 1.54) is 28.0 Å². The van der Waals surface area contributed by atoms with Gasteiger partial charge in [0.25, 0.3) is 5.91 Å². The number of halogens is 3. The van der Waals surface area contributed by atoms with E-state index in [1.807, 2.05) is 13.8 Å². The van der Waals surface area contributed by atoms with Gasteiger partial charge in [-0.25, -0.2) is 4.79 Å². The van der Waals surface area contributed by atoms with Crippen LogP contribution >= 0.6 is 0 Å². The maximum atomic E-state index is 14.2. The number of rotatable bonds is 8. The van der Waals surface area contributed by atoms with Crippen LogP contribution in [0.5, 0.6) is 17.2 Å². The standard InChI is InChI=1S/C34H45F3N4O8/c1-21-17-41(22(2)19-42)32(44)26-15-24(38-31(43)12-13-34(35,36)37)8-10-27(26)49-23(3)7-5-6-14-46-30(21)18-40(4)33(45)39-25-9-11-28-29(16-25)48-20-47-28/h8-11,15-16,21-23,30,42H,5-7,12-14,17-20H2,1-4H3,(H,38,43)(H,39,45)/t21-,22+,23+,30-/m0/s1. The van der Waals surface area contributed by atoms with E-state index in [1.54, 1.807) is 32.2 Å². The SMILES string of the molecule is C[C@@H]1CCCCO[C@@H](CN(C)C(=O)Nc2ccc3c(c2)OCO3)[C@@H](C)CN([C@H](C)CO)C(=O)c2cc(NC(=O)CCC(F)(F)F)ccc2O1. The molecule has 4 rings (SSSR count). The molecule has 0 radical (unpaired) electrons. The molecule has 0 aromatic heterocycles. The number of aliphatic hydroxyl groups excluding tert-OH is 1. The Labute approximate surface area is 283 Å². The van der Waals surface area contributed by atoms with Gasteiger partial charge in [0.1, 0.15) is 5.75 Å². The van der Waals surface area contributed by atoms with Crippen LogP contribution in [-0.2, 0) is 9.53 Å². The molecule has 12 nitrogen and oxygen atoms in total. The largest absolute Gasteiger partial charge is 0.490 e. The van der Waals surface area contributed by atoms with Crippen molar-refractivity contribution in [2.75, 3.05) is 50.8 Å². The van der Waals surface area contributed by atoms with Crippen molar-refractivity contribution < 1.29 is 51.6 Å². The van der Waals surface area contributed by atoms with Gasteiger partial charge in [0, 0.05) is 56.5 Å². The van der Waals surface area contributed by atoms with Gasteiger partial charge >= 0.3 is 12.2 Å². The zero-order valence-electron chi connectivity index (χ0n) is 28.2. The minimum atomic E-state index is -4.49. The van der Waals surface area contributed by atoms with Crippen LogP contribution < -0.4 is 24.8 Å². The first-order valence-corrected chi connectivity index (χ1v) is 16.4. The van der Waals surface area contributed by atoms with E-state index in [-0.39, 0.29) is 61.5 Å². The molecule has 0 unspecified atom stereocenters. The summed E-state index contributed by atoms with van der Waals surface area (Å²) in [5, 5.41) is 15.4. The Balaban J connectivity index is 1.55. The van der Waals surface area contributed by atoms with Gasteiger partial charge in [-0.1, -0.05) is 6.92 Å². The first-order chi connectivity index (χ1) is 23.2. The summed E-state index contributed by atoms with van der Waals surface area (Å²) >= 11 is 0. The molecular formula is C34H45F3N4O8. The Kier molecular flexibility index (Phi) is 13.0. The van der Waals surface area contributed by atoms with Crippen LogP contribution in [0, 0.1) is 5.92 Å². The molecule has 0 aliphatic carbocycles. The predicted octanol–water partition coefficient (Wildman–Crippen LogP) is 5.66. The number of urea groups is 1. The van der Waals surface area contributed by atoms with Gasteiger partial charge in [0.15, 0.2) is 11.5 Å². The number of benzene rings is 2. The fourth-order valence-electron chi connectivity index (χ4n) is 5.49. The van der Waals surface area contributed by atoms with Crippen molar-refractivity contribution in [2.45, 2.75) is 77.3 Å². The lowest BCUT2D eigenvalue weighted by Gasteiger charge is -2.35. The maximum Gasteiger partial charge on any atom is 0.389 e. The normalized spacial score (nSPS) is 20.8. The number of carbonyl (C=O) groups is 3. The molecule has 2 aromatic rings. The third-order valence-corrected chi connectivity index (χ3v) is 8.40. The lowest BCUT2D eigenvalue weighted by Crippen LogP contribution is -2.48. The number of nitrogens with zero attached hydrogens (tertiary/aromatic N) is 2. The number of carbonyl (C=O) groups excluding carboxylic acids is 3. The number of nitrogens with one attached hydrogen (secondary N) is 2. The topological polar surface area (TPSA) is 139 Å². The van der Waals surface area contributed by atoms with E-state index >= 15 is 0 Å². The van der Waals surface area contributed by atoms with E-state index in [0.717, 1.165) is 12.8 Å². The van der Waals surface area contributed by atoms with E-state index < -0.39 is 43.0 Å². The lowest BCUT2D eigenvalue weighted by molar-refractivity contribution is -0.142. The van der Waals surface area contributed by atoms with Gasteiger partial charge in [0.2, 0.25) is 12.7 Å². The summed E-state index contributed by atoms with van der Waals surface area (Å²) in [6.07, 6.45) is -5.21. The number of hydrogen-bond donors (Lipinski definition) is 3. The fraction of sp³-hybridized carbons (Fsp3) is 0.559. The van der Waals surface area contributed by atoms with E-state index in [4.69, 9.17) is 18.9 Å². The molecule has 49 heavy (non-hydrogen) atoms. The molecule has 2 aromatic carbocycles. The average Bonchev–Trinajstić information content (AvgIpc) is 3.52. The highest BCUT2D eigenvalue weighted by atomic mass is 19.4. The number of anilines is 2. The van der Waals surface area contributed by atoms with Crippen molar-refractivity contribution in [3.8, 4) is 17.2 Å². The van der Waals surface area contributed by atoms with Crippen molar-refractivity contribution in [3.05, 3.63) is 42.0 Å². The summed E-state index contributed by atoms with van der Waals surface area (Å²) in [6.45, 7) is 5.91. The number of fused-ring (bicyclic) bond motifs is 2. The summed E-state index contributed by atoms with van der Waals surface area (Å²) in [4.78, 5) is 42.7. The van der Waals surface area contributed by atoms with E-state index in [0.29, 0.717) is 30.2 Å². The fourth-order valence-corrected chi connectivity index (χ4v) is 5.49. The van der Waals surface area contributed by atoms with Gasteiger partial charge < -0.3 is 44.5 Å². The smallest absolute Gasteiger partial charge is 0.389 e. The Morgan fingerprint density at radius 3 is 2.45 bits per heavy atom. The molecule has 0 saturated carbocycles. The first kappa shape index (κ1) is 37.6. The van der Waals surface area contributed by atoms with Crippen LogP contribution in [0.25, 0.3) is 0 Å². The summed E-state index contributed by atoms with van der Waals surface area (Å²) in [5.41, 5.74) is 0.751. The van der Waals surface area contributed by atoms with E-state index in [9.17, 15) is 32.7 Å². The molecule has 15 heteroatoms. The predicted molar refractivity (Wildman–Crippen MR) is 175 cm³/mol. The van der Waals surface area contributed by atoms with Crippen LogP contribution in [-0.4, -0.2) is 97.3 Å². The molecule has 0 spiro atoms. The molecular weight excluding hydrogens is 649 g/mol. The highest BCUT2D eigenvalue weighted by molar-refractivity contribution is 5.99. The van der Waals surface area contributed by atoms with Gasteiger partial charge in [0.05, 0.1) is 36.8 Å². The molecule has 2 aliphatic rings. The van der Waals surface area contributed by atoms with Crippen LogP contribution in [0.4, 0.5) is 29.3 Å². The molecule has 0 fully saturated rings. The van der Waals surface area contributed by atoms with Crippen LogP contribution in [0.15, 0.2) is 36.4 Å². The van der Waals surface area contributed by atoms with Crippen molar-refractivity contribution >= 4 is 29.2 Å². The Bertz CT molecular complexity index is 1460. The second-order valence-corrected chi connectivity index (χ2v) is 12.6. The van der Waals surface area contributed by atoms with Crippen LogP contribution in [0.1, 0.15) is 63.2 Å². The highest BCUT2D eigenvalue weighted by Crippen LogP contribution is 2.34. The molecule has 2 heterocycles. The Morgan fingerprint density at radius 2 is 1.73 bits per heavy atom. The van der Waals surface area contributed by atoms with Gasteiger partial charge in [-0.2, -0.15) is 13.2 Å². The second kappa shape index (κ2) is 16.9.